The van der Waals surface area contributed by atoms with E-state index in [1.54, 1.807) is 4.52 Å². The van der Waals surface area contributed by atoms with Crippen LogP contribution >= 0.6 is 0 Å². The molecule has 1 aromatic carbocycles. The van der Waals surface area contributed by atoms with Crippen molar-refractivity contribution in [2.45, 2.75) is 52.1 Å². The number of carbonyl (C=O) groups is 2. The quantitative estimate of drug-likeness (QED) is 0.574. The minimum absolute atomic E-state index is 0.0968. The normalized spacial score (nSPS) is 16.1. The van der Waals surface area contributed by atoms with Gasteiger partial charge >= 0.3 is 0 Å². The number of fused-ring (bicyclic) bond motifs is 1. The Kier molecular flexibility index (Phi) is 6.38. The van der Waals surface area contributed by atoms with E-state index in [0.717, 1.165) is 47.6 Å². The summed E-state index contributed by atoms with van der Waals surface area (Å²) in [6.45, 7) is 5.27. The fraction of sp³-hybridized carbons (Fsp3) is 0.375. The predicted octanol–water partition coefficient (Wildman–Crippen LogP) is 2.24. The van der Waals surface area contributed by atoms with E-state index >= 15 is 0 Å². The standard InChI is InChI=1S/C24H27N7O2/c1-15-20(16(2)31-24(28-15)18(12-25)13-27-31)8-9-22(32)29-19-6-3-5-17(11-19)14-30-10-4-7-21(30)23(26)33/h3,5-6,11,13,21H,4,7-10,14H2,1-2H3,(H2,26,33)(H,29,32). The van der Waals surface area contributed by atoms with Gasteiger partial charge in [-0.05, 0) is 62.9 Å². The van der Waals surface area contributed by atoms with Crippen LogP contribution in [0, 0.1) is 25.2 Å². The number of carbonyl (C=O) groups excluding carboxylic acids is 2. The number of aryl methyl sites for hydroxylation is 2. The molecule has 2 amide bonds. The molecule has 0 spiro atoms. The lowest BCUT2D eigenvalue weighted by molar-refractivity contribution is -0.122. The summed E-state index contributed by atoms with van der Waals surface area (Å²) in [6, 6.07) is 9.55. The van der Waals surface area contributed by atoms with Crippen molar-refractivity contribution in [1.29, 1.82) is 5.26 Å². The van der Waals surface area contributed by atoms with E-state index in [4.69, 9.17) is 5.73 Å². The van der Waals surface area contributed by atoms with E-state index in [1.165, 1.54) is 6.20 Å². The molecule has 0 aliphatic carbocycles. The molecule has 9 nitrogen and oxygen atoms in total. The Morgan fingerprint density at radius 2 is 2.15 bits per heavy atom. The van der Waals surface area contributed by atoms with E-state index in [9.17, 15) is 14.9 Å². The zero-order valence-corrected chi connectivity index (χ0v) is 18.8. The highest BCUT2D eigenvalue weighted by atomic mass is 16.2. The van der Waals surface area contributed by atoms with E-state index in [2.05, 4.69) is 26.4 Å². The van der Waals surface area contributed by atoms with Crippen molar-refractivity contribution >= 4 is 23.1 Å². The largest absolute Gasteiger partial charge is 0.368 e. The summed E-state index contributed by atoms with van der Waals surface area (Å²) in [5.41, 5.74) is 10.9. The lowest BCUT2D eigenvalue weighted by Crippen LogP contribution is -2.39. The lowest BCUT2D eigenvalue weighted by Gasteiger charge is -2.22. The van der Waals surface area contributed by atoms with Crippen LogP contribution in [0.5, 0.6) is 0 Å². The molecule has 4 rings (SSSR count). The first kappa shape index (κ1) is 22.4. The molecule has 9 heteroatoms. The van der Waals surface area contributed by atoms with Crippen molar-refractivity contribution in [3.8, 4) is 6.07 Å². The van der Waals surface area contributed by atoms with Crippen LogP contribution in [-0.2, 0) is 22.6 Å². The van der Waals surface area contributed by atoms with Crippen molar-refractivity contribution in [3.63, 3.8) is 0 Å². The van der Waals surface area contributed by atoms with Gasteiger partial charge in [0.05, 0.1) is 12.2 Å². The molecule has 170 valence electrons. The first-order valence-electron chi connectivity index (χ1n) is 11.0. The Labute approximate surface area is 192 Å². The zero-order valence-electron chi connectivity index (χ0n) is 18.8. The number of hydrogen-bond donors (Lipinski definition) is 2. The second-order valence-electron chi connectivity index (χ2n) is 8.45. The smallest absolute Gasteiger partial charge is 0.234 e. The summed E-state index contributed by atoms with van der Waals surface area (Å²) in [7, 11) is 0. The third kappa shape index (κ3) is 4.71. The molecule has 0 radical (unpaired) electrons. The van der Waals surface area contributed by atoms with Crippen LogP contribution in [0.25, 0.3) is 5.65 Å². The van der Waals surface area contributed by atoms with Crippen LogP contribution in [0.15, 0.2) is 30.5 Å². The summed E-state index contributed by atoms with van der Waals surface area (Å²) >= 11 is 0. The minimum Gasteiger partial charge on any atom is -0.368 e. The molecule has 3 heterocycles. The highest BCUT2D eigenvalue weighted by Gasteiger charge is 2.28. The van der Waals surface area contributed by atoms with Gasteiger partial charge in [0.25, 0.3) is 0 Å². The van der Waals surface area contributed by atoms with Gasteiger partial charge in [0, 0.05) is 30.0 Å². The highest BCUT2D eigenvalue weighted by Crippen LogP contribution is 2.22. The van der Waals surface area contributed by atoms with Crippen LogP contribution in [0.1, 0.15) is 47.3 Å². The lowest BCUT2D eigenvalue weighted by atomic mass is 10.1. The summed E-state index contributed by atoms with van der Waals surface area (Å²) in [6.07, 6.45) is 4.07. The number of anilines is 1. The fourth-order valence-corrected chi connectivity index (χ4v) is 4.53. The SMILES string of the molecule is Cc1nc2c(C#N)cnn2c(C)c1CCC(=O)Nc1cccc(CN2CCCC2C(N)=O)c1. The Morgan fingerprint density at radius 1 is 1.33 bits per heavy atom. The van der Waals surface area contributed by atoms with Gasteiger partial charge < -0.3 is 11.1 Å². The summed E-state index contributed by atoms with van der Waals surface area (Å²) in [5.74, 6) is -0.380. The number of nitrogens with zero attached hydrogens (tertiary/aromatic N) is 5. The molecule has 3 aromatic rings. The summed E-state index contributed by atoms with van der Waals surface area (Å²) in [4.78, 5) is 30.9. The number of amides is 2. The fourth-order valence-electron chi connectivity index (χ4n) is 4.53. The molecule has 1 aliphatic rings. The number of primary amides is 1. The number of nitrogens with one attached hydrogen (secondary N) is 1. The predicted molar refractivity (Wildman–Crippen MR) is 123 cm³/mol. The van der Waals surface area contributed by atoms with Gasteiger partial charge in [0.1, 0.15) is 11.6 Å². The molecule has 0 saturated carbocycles. The second-order valence-corrected chi connectivity index (χ2v) is 8.45. The molecular weight excluding hydrogens is 418 g/mol. The number of rotatable bonds is 7. The summed E-state index contributed by atoms with van der Waals surface area (Å²) in [5, 5.41) is 16.4. The molecule has 1 fully saturated rings. The minimum atomic E-state index is -0.283. The number of aromatic nitrogens is 3. The van der Waals surface area contributed by atoms with E-state index in [0.29, 0.717) is 30.6 Å². The average Bonchev–Trinajstić information content (AvgIpc) is 3.40. The third-order valence-electron chi connectivity index (χ3n) is 6.22. The van der Waals surface area contributed by atoms with Crippen molar-refractivity contribution in [2.75, 3.05) is 11.9 Å². The van der Waals surface area contributed by atoms with Crippen molar-refractivity contribution in [3.05, 3.63) is 58.5 Å². The van der Waals surface area contributed by atoms with Gasteiger partial charge in [0.15, 0.2) is 5.65 Å². The monoisotopic (exact) mass is 445 g/mol. The average molecular weight is 446 g/mol. The van der Waals surface area contributed by atoms with Gasteiger partial charge in [0.2, 0.25) is 11.8 Å². The molecule has 1 atom stereocenters. The van der Waals surface area contributed by atoms with Gasteiger partial charge in [-0.1, -0.05) is 12.1 Å². The number of nitrogens with two attached hydrogens (primary N) is 1. The molecule has 33 heavy (non-hydrogen) atoms. The summed E-state index contributed by atoms with van der Waals surface area (Å²) < 4.78 is 1.65. The van der Waals surface area contributed by atoms with E-state index < -0.39 is 0 Å². The van der Waals surface area contributed by atoms with Crippen LogP contribution < -0.4 is 11.1 Å². The molecular formula is C24H27N7O2. The van der Waals surface area contributed by atoms with Crippen molar-refractivity contribution < 1.29 is 9.59 Å². The molecule has 3 N–H and O–H groups in total. The maximum absolute atomic E-state index is 12.7. The number of nitriles is 1. The van der Waals surface area contributed by atoms with Gasteiger partial charge in [-0.2, -0.15) is 10.4 Å². The molecule has 1 aliphatic heterocycles. The number of benzene rings is 1. The molecule has 1 unspecified atom stereocenters. The van der Waals surface area contributed by atoms with E-state index in [1.807, 2.05) is 38.1 Å². The first-order chi connectivity index (χ1) is 15.9. The van der Waals surface area contributed by atoms with Crippen LogP contribution in [0.3, 0.4) is 0 Å². The maximum atomic E-state index is 12.7. The molecule has 2 aromatic heterocycles. The Morgan fingerprint density at radius 3 is 2.91 bits per heavy atom. The van der Waals surface area contributed by atoms with Gasteiger partial charge in [-0.25, -0.2) is 9.50 Å². The molecule has 1 saturated heterocycles. The Balaban J connectivity index is 1.40. The second kappa shape index (κ2) is 9.38. The number of likely N-dealkylation sites (tertiary alicyclic amines) is 1. The highest BCUT2D eigenvalue weighted by molar-refractivity contribution is 5.91. The topological polar surface area (TPSA) is 129 Å². The Hall–Kier alpha value is -3.77. The molecule has 0 bridgehead atoms. The Bertz CT molecular complexity index is 1260. The maximum Gasteiger partial charge on any atom is 0.234 e. The van der Waals surface area contributed by atoms with Crippen molar-refractivity contribution in [1.82, 2.24) is 19.5 Å². The van der Waals surface area contributed by atoms with Crippen LogP contribution in [0.2, 0.25) is 0 Å². The first-order valence-corrected chi connectivity index (χ1v) is 11.0. The van der Waals surface area contributed by atoms with Crippen LogP contribution in [0.4, 0.5) is 5.69 Å². The third-order valence-corrected chi connectivity index (χ3v) is 6.22. The van der Waals surface area contributed by atoms with E-state index in [-0.39, 0.29) is 17.9 Å². The zero-order chi connectivity index (χ0) is 23.5. The van der Waals surface area contributed by atoms with Gasteiger partial charge in [-0.15, -0.1) is 0 Å². The number of hydrogen-bond acceptors (Lipinski definition) is 6. The van der Waals surface area contributed by atoms with Crippen molar-refractivity contribution in [2.24, 2.45) is 5.73 Å². The van der Waals surface area contributed by atoms with Gasteiger partial charge in [-0.3, -0.25) is 14.5 Å². The van der Waals surface area contributed by atoms with Crippen LogP contribution in [-0.4, -0.2) is 43.9 Å².